The number of halogens is 2. The van der Waals surface area contributed by atoms with Crippen molar-refractivity contribution in [2.75, 3.05) is 0 Å². The first-order chi connectivity index (χ1) is 11.5. The molecule has 0 bridgehead atoms. The zero-order chi connectivity index (χ0) is 17.1. The second-order valence-corrected chi connectivity index (χ2v) is 7.02. The molecule has 126 valence electrons. The fraction of sp³-hybridized carbons (Fsp3) is 0.316. The standard InChI is InChI=1S/C19H20Cl2N2O/c1-12(16-10-7-14(20)11-17(16)21)22-18(13-5-3-2-4-6-13)19(24)23-15-8-9-15/h2-7,10-12,15,18,22H,8-9H2,1H3,(H,23,24)/t12-,18+/m1/s1. The molecule has 1 amide bonds. The van der Waals surface area contributed by atoms with Crippen LogP contribution < -0.4 is 10.6 Å². The maximum Gasteiger partial charge on any atom is 0.241 e. The van der Waals surface area contributed by atoms with E-state index in [0.29, 0.717) is 16.1 Å². The molecule has 2 N–H and O–H groups in total. The summed E-state index contributed by atoms with van der Waals surface area (Å²) in [7, 11) is 0. The molecule has 2 atom stereocenters. The highest BCUT2D eigenvalue weighted by atomic mass is 35.5. The van der Waals surface area contributed by atoms with Gasteiger partial charge in [-0.1, -0.05) is 59.6 Å². The number of hydrogen-bond acceptors (Lipinski definition) is 2. The summed E-state index contributed by atoms with van der Waals surface area (Å²) in [5.74, 6) is 0.000589. The van der Waals surface area contributed by atoms with Crippen LogP contribution in [0.1, 0.15) is 43.0 Å². The second-order valence-electron chi connectivity index (χ2n) is 6.18. The highest BCUT2D eigenvalue weighted by Gasteiger charge is 2.29. The first-order valence-electron chi connectivity index (χ1n) is 8.11. The maximum atomic E-state index is 12.7. The smallest absolute Gasteiger partial charge is 0.241 e. The lowest BCUT2D eigenvalue weighted by molar-refractivity contribution is -0.123. The Morgan fingerprint density at radius 3 is 2.46 bits per heavy atom. The number of hydrogen-bond donors (Lipinski definition) is 2. The first kappa shape index (κ1) is 17.3. The van der Waals surface area contributed by atoms with Gasteiger partial charge in [0.05, 0.1) is 0 Å². The van der Waals surface area contributed by atoms with Gasteiger partial charge in [-0.05, 0) is 43.0 Å². The molecule has 24 heavy (non-hydrogen) atoms. The van der Waals surface area contributed by atoms with Crippen LogP contribution in [-0.4, -0.2) is 11.9 Å². The molecule has 1 saturated carbocycles. The summed E-state index contributed by atoms with van der Waals surface area (Å²) in [5, 5.41) is 7.67. The molecule has 0 heterocycles. The largest absolute Gasteiger partial charge is 0.352 e. The maximum absolute atomic E-state index is 12.7. The number of nitrogens with one attached hydrogen (secondary N) is 2. The van der Waals surface area contributed by atoms with E-state index in [1.165, 1.54) is 0 Å². The lowest BCUT2D eigenvalue weighted by atomic mass is 10.0. The lowest BCUT2D eigenvalue weighted by Gasteiger charge is -2.24. The summed E-state index contributed by atoms with van der Waals surface area (Å²) in [5.41, 5.74) is 1.86. The molecule has 3 nitrogen and oxygen atoms in total. The molecule has 0 spiro atoms. The van der Waals surface area contributed by atoms with Gasteiger partial charge < -0.3 is 5.32 Å². The third-order valence-corrected chi connectivity index (χ3v) is 4.73. The van der Waals surface area contributed by atoms with Crippen LogP contribution in [0.4, 0.5) is 0 Å². The predicted octanol–water partition coefficient (Wildman–Crippen LogP) is 4.66. The summed E-state index contributed by atoms with van der Waals surface area (Å²) in [6.45, 7) is 2.00. The van der Waals surface area contributed by atoms with Gasteiger partial charge in [0.1, 0.15) is 6.04 Å². The van der Waals surface area contributed by atoms with Crippen LogP contribution in [-0.2, 0) is 4.79 Å². The minimum Gasteiger partial charge on any atom is -0.352 e. The summed E-state index contributed by atoms with van der Waals surface area (Å²) in [6.07, 6.45) is 2.12. The summed E-state index contributed by atoms with van der Waals surface area (Å²) in [4.78, 5) is 12.7. The van der Waals surface area contributed by atoms with Crippen LogP contribution in [0.5, 0.6) is 0 Å². The molecule has 0 radical (unpaired) electrons. The van der Waals surface area contributed by atoms with E-state index < -0.39 is 6.04 Å². The molecular formula is C19H20Cl2N2O. The summed E-state index contributed by atoms with van der Waals surface area (Å²) in [6, 6.07) is 15.0. The van der Waals surface area contributed by atoms with E-state index in [1.807, 2.05) is 49.4 Å². The third-order valence-electron chi connectivity index (χ3n) is 4.16. The van der Waals surface area contributed by atoms with E-state index in [4.69, 9.17) is 23.2 Å². The van der Waals surface area contributed by atoms with Gasteiger partial charge in [-0.15, -0.1) is 0 Å². The Morgan fingerprint density at radius 2 is 1.83 bits per heavy atom. The van der Waals surface area contributed by atoms with Gasteiger partial charge in [-0.25, -0.2) is 0 Å². The molecule has 0 saturated heterocycles. The summed E-state index contributed by atoms with van der Waals surface area (Å²) >= 11 is 12.3. The van der Waals surface area contributed by atoms with Crippen LogP contribution in [0.3, 0.4) is 0 Å². The Bertz CT molecular complexity index is 717. The number of amides is 1. The fourth-order valence-corrected chi connectivity index (χ4v) is 3.25. The molecule has 2 aromatic carbocycles. The van der Waals surface area contributed by atoms with Gasteiger partial charge in [0.2, 0.25) is 5.91 Å². The average molecular weight is 363 g/mol. The van der Waals surface area contributed by atoms with E-state index >= 15 is 0 Å². The fourth-order valence-electron chi connectivity index (χ4n) is 2.67. The van der Waals surface area contributed by atoms with Crippen molar-refractivity contribution in [3.63, 3.8) is 0 Å². The molecule has 1 fully saturated rings. The van der Waals surface area contributed by atoms with Crippen LogP contribution in [0, 0.1) is 0 Å². The van der Waals surface area contributed by atoms with Crippen molar-refractivity contribution < 1.29 is 4.79 Å². The number of carbonyl (C=O) groups is 1. The van der Waals surface area contributed by atoms with Gasteiger partial charge >= 0.3 is 0 Å². The van der Waals surface area contributed by atoms with Crippen LogP contribution in [0.25, 0.3) is 0 Å². The molecule has 0 unspecified atom stereocenters. The molecule has 1 aliphatic carbocycles. The second kappa shape index (κ2) is 7.56. The normalized spacial score (nSPS) is 16.5. The Balaban J connectivity index is 1.81. The van der Waals surface area contributed by atoms with Gasteiger partial charge in [0.25, 0.3) is 0 Å². The van der Waals surface area contributed by atoms with Crippen molar-refractivity contribution in [2.45, 2.75) is 37.9 Å². The topological polar surface area (TPSA) is 41.1 Å². The minimum absolute atomic E-state index is 0.000589. The van der Waals surface area contributed by atoms with E-state index in [0.717, 1.165) is 24.0 Å². The molecule has 1 aliphatic rings. The SMILES string of the molecule is C[C@@H](N[C@H](C(=O)NC1CC1)c1ccccc1)c1ccc(Cl)cc1Cl. The van der Waals surface area contributed by atoms with Crippen molar-refractivity contribution in [1.82, 2.24) is 10.6 Å². The van der Waals surface area contributed by atoms with Crippen molar-refractivity contribution in [2.24, 2.45) is 0 Å². The van der Waals surface area contributed by atoms with Gasteiger partial charge in [-0.2, -0.15) is 0 Å². The van der Waals surface area contributed by atoms with Crippen LogP contribution >= 0.6 is 23.2 Å². The monoisotopic (exact) mass is 362 g/mol. The molecular weight excluding hydrogens is 343 g/mol. The molecule has 0 aliphatic heterocycles. The molecule has 3 rings (SSSR count). The van der Waals surface area contributed by atoms with Crippen molar-refractivity contribution in [3.8, 4) is 0 Å². The van der Waals surface area contributed by atoms with E-state index in [-0.39, 0.29) is 11.9 Å². The zero-order valence-corrected chi connectivity index (χ0v) is 14.9. The molecule has 0 aromatic heterocycles. The van der Waals surface area contributed by atoms with Gasteiger partial charge in [0, 0.05) is 22.1 Å². The third kappa shape index (κ3) is 4.29. The average Bonchev–Trinajstić information content (AvgIpc) is 3.37. The Hall–Kier alpha value is -1.55. The summed E-state index contributed by atoms with van der Waals surface area (Å²) < 4.78 is 0. The highest BCUT2D eigenvalue weighted by molar-refractivity contribution is 6.35. The van der Waals surface area contributed by atoms with E-state index in [2.05, 4.69) is 10.6 Å². The van der Waals surface area contributed by atoms with Crippen molar-refractivity contribution in [1.29, 1.82) is 0 Å². The molecule has 2 aromatic rings. The lowest BCUT2D eigenvalue weighted by Crippen LogP contribution is -2.39. The molecule has 5 heteroatoms. The van der Waals surface area contributed by atoms with Gasteiger partial charge in [0.15, 0.2) is 0 Å². The minimum atomic E-state index is -0.423. The highest BCUT2D eigenvalue weighted by Crippen LogP contribution is 2.29. The predicted molar refractivity (Wildman–Crippen MR) is 98.4 cm³/mol. The Morgan fingerprint density at radius 1 is 1.12 bits per heavy atom. The Labute approximate surface area is 152 Å². The quantitative estimate of drug-likeness (QED) is 0.784. The first-order valence-corrected chi connectivity index (χ1v) is 8.86. The number of rotatable bonds is 6. The number of benzene rings is 2. The van der Waals surface area contributed by atoms with Gasteiger partial charge in [-0.3, -0.25) is 10.1 Å². The zero-order valence-electron chi connectivity index (χ0n) is 13.4. The number of carbonyl (C=O) groups excluding carboxylic acids is 1. The van der Waals surface area contributed by atoms with E-state index in [9.17, 15) is 4.79 Å². The Kier molecular flexibility index (Phi) is 5.44. The van der Waals surface area contributed by atoms with Crippen molar-refractivity contribution >= 4 is 29.1 Å². The van der Waals surface area contributed by atoms with Crippen LogP contribution in [0.15, 0.2) is 48.5 Å². The van der Waals surface area contributed by atoms with E-state index in [1.54, 1.807) is 6.07 Å². The van der Waals surface area contributed by atoms with Crippen LogP contribution in [0.2, 0.25) is 10.0 Å². The van der Waals surface area contributed by atoms with Crippen molar-refractivity contribution in [3.05, 3.63) is 69.7 Å².